The summed E-state index contributed by atoms with van der Waals surface area (Å²) in [5.41, 5.74) is 0.0831. The molecule has 0 unspecified atom stereocenters. The predicted molar refractivity (Wildman–Crippen MR) is 87.8 cm³/mol. The summed E-state index contributed by atoms with van der Waals surface area (Å²) in [6, 6.07) is 4.37. The molecule has 11 heteroatoms. The number of rotatable bonds is 6. The number of carbonyl (C=O) groups is 1. The molecule has 2 rings (SSSR count). The first-order valence-corrected chi connectivity index (χ1v) is 8.63. The van der Waals surface area contributed by atoms with Crippen molar-refractivity contribution in [3.8, 4) is 0 Å². The van der Waals surface area contributed by atoms with Crippen molar-refractivity contribution in [2.75, 3.05) is 11.3 Å². The Labute approximate surface area is 143 Å². The number of esters is 1. The van der Waals surface area contributed by atoms with Crippen LogP contribution in [0.5, 0.6) is 0 Å². The van der Waals surface area contributed by atoms with Crippen molar-refractivity contribution < 1.29 is 22.9 Å². The SMILES string of the molecule is CCOC(=O)c1c(C)nn(C)c1NS(=O)(=O)c1ccc([N+](=O)[O-])cc1. The second-order valence-electron chi connectivity index (χ2n) is 5.01. The monoisotopic (exact) mass is 368 g/mol. The lowest BCUT2D eigenvalue weighted by molar-refractivity contribution is -0.384. The number of carbonyl (C=O) groups excluding carboxylic acids is 1. The van der Waals surface area contributed by atoms with E-state index < -0.39 is 20.9 Å². The molecule has 0 aliphatic heterocycles. The zero-order chi connectivity index (χ0) is 18.8. The Balaban J connectivity index is 2.41. The van der Waals surface area contributed by atoms with Crippen LogP contribution >= 0.6 is 0 Å². The van der Waals surface area contributed by atoms with Crippen LogP contribution in [-0.2, 0) is 21.8 Å². The van der Waals surface area contributed by atoms with Crippen LogP contribution in [0.3, 0.4) is 0 Å². The van der Waals surface area contributed by atoms with E-state index in [0.29, 0.717) is 5.69 Å². The number of nitrogens with one attached hydrogen (secondary N) is 1. The minimum atomic E-state index is -4.08. The number of nitrogens with zero attached hydrogens (tertiary/aromatic N) is 3. The van der Waals surface area contributed by atoms with Gasteiger partial charge in [0.25, 0.3) is 15.7 Å². The minimum absolute atomic E-state index is 0.00911. The summed E-state index contributed by atoms with van der Waals surface area (Å²) in [7, 11) is -2.60. The maximum atomic E-state index is 12.5. The number of benzene rings is 1. The number of hydrogen-bond acceptors (Lipinski definition) is 7. The molecule has 1 heterocycles. The van der Waals surface area contributed by atoms with Crippen LogP contribution in [0.1, 0.15) is 23.0 Å². The van der Waals surface area contributed by atoms with Gasteiger partial charge in [-0.3, -0.25) is 19.5 Å². The molecule has 0 radical (unpaired) electrons. The normalized spacial score (nSPS) is 11.2. The van der Waals surface area contributed by atoms with Crippen molar-refractivity contribution in [2.45, 2.75) is 18.7 Å². The molecule has 134 valence electrons. The van der Waals surface area contributed by atoms with Gasteiger partial charge in [-0.05, 0) is 26.0 Å². The second kappa shape index (κ2) is 6.89. The molecule has 0 spiro atoms. The third-order valence-electron chi connectivity index (χ3n) is 3.29. The van der Waals surface area contributed by atoms with Crippen LogP contribution in [-0.4, -0.2) is 35.7 Å². The van der Waals surface area contributed by atoms with E-state index >= 15 is 0 Å². The topological polar surface area (TPSA) is 133 Å². The van der Waals surface area contributed by atoms with Crippen LogP contribution < -0.4 is 4.72 Å². The summed E-state index contributed by atoms with van der Waals surface area (Å²) in [5.74, 6) is -0.746. The van der Waals surface area contributed by atoms with Crippen molar-refractivity contribution >= 4 is 27.5 Å². The first-order chi connectivity index (χ1) is 11.7. The van der Waals surface area contributed by atoms with Gasteiger partial charge in [0.1, 0.15) is 5.56 Å². The third-order valence-corrected chi connectivity index (χ3v) is 4.65. The van der Waals surface area contributed by atoms with Gasteiger partial charge in [0.05, 0.1) is 22.1 Å². The van der Waals surface area contributed by atoms with Crippen molar-refractivity contribution in [2.24, 2.45) is 7.05 Å². The van der Waals surface area contributed by atoms with E-state index in [1.165, 1.54) is 11.7 Å². The van der Waals surface area contributed by atoms with Gasteiger partial charge in [-0.25, -0.2) is 13.2 Å². The molecule has 10 nitrogen and oxygen atoms in total. The molecular weight excluding hydrogens is 352 g/mol. The van der Waals surface area contributed by atoms with E-state index in [-0.39, 0.29) is 28.6 Å². The summed E-state index contributed by atoms with van der Waals surface area (Å²) < 4.78 is 33.4. The summed E-state index contributed by atoms with van der Waals surface area (Å²) in [6.07, 6.45) is 0. The fourth-order valence-electron chi connectivity index (χ4n) is 2.16. The van der Waals surface area contributed by atoms with Crippen molar-refractivity contribution in [1.82, 2.24) is 9.78 Å². The standard InChI is InChI=1S/C14H16N4O6S/c1-4-24-14(19)12-9(2)15-17(3)13(12)16-25(22,23)11-7-5-10(6-8-11)18(20)21/h5-8,16H,4H2,1-3H3. The molecule has 0 fully saturated rings. The molecule has 0 saturated carbocycles. The molecule has 2 aromatic rings. The van der Waals surface area contributed by atoms with Crippen LogP contribution in [0.25, 0.3) is 0 Å². The molecule has 0 aliphatic carbocycles. The molecule has 0 amide bonds. The average Bonchev–Trinajstić information content (AvgIpc) is 2.81. The lowest BCUT2D eigenvalue weighted by Gasteiger charge is -2.10. The Bertz CT molecular complexity index is 918. The quantitative estimate of drug-likeness (QED) is 0.465. The predicted octanol–water partition coefficient (Wildman–Crippen LogP) is 1.61. The second-order valence-corrected chi connectivity index (χ2v) is 6.69. The lowest BCUT2D eigenvalue weighted by Crippen LogP contribution is -2.18. The summed E-state index contributed by atoms with van der Waals surface area (Å²) in [6.45, 7) is 3.31. The fourth-order valence-corrected chi connectivity index (χ4v) is 3.26. The third kappa shape index (κ3) is 3.76. The number of non-ortho nitro benzene ring substituents is 1. The number of sulfonamides is 1. The van der Waals surface area contributed by atoms with Crippen LogP contribution in [0.2, 0.25) is 0 Å². The van der Waals surface area contributed by atoms with Gasteiger partial charge in [-0.15, -0.1) is 0 Å². The maximum absolute atomic E-state index is 12.5. The molecule has 0 saturated heterocycles. The Morgan fingerprint density at radius 1 is 1.36 bits per heavy atom. The first kappa shape index (κ1) is 18.4. The number of aryl methyl sites for hydroxylation is 2. The van der Waals surface area contributed by atoms with E-state index in [1.54, 1.807) is 13.8 Å². The molecule has 1 N–H and O–H groups in total. The minimum Gasteiger partial charge on any atom is -0.462 e. The van der Waals surface area contributed by atoms with Crippen LogP contribution in [0, 0.1) is 17.0 Å². The highest BCUT2D eigenvalue weighted by atomic mass is 32.2. The highest BCUT2D eigenvalue weighted by Crippen LogP contribution is 2.24. The van der Waals surface area contributed by atoms with E-state index in [0.717, 1.165) is 24.3 Å². The number of nitro groups is 1. The highest BCUT2D eigenvalue weighted by Gasteiger charge is 2.26. The van der Waals surface area contributed by atoms with Crippen molar-refractivity contribution in [1.29, 1.82) is 0 Å². The Hall–Kier alpha value is -2.95. The lowest BCUT2D eigenvalue weighted by atomic mass is 10.2. The van der Waals surface area contributed by atoms with Crippen molar-refractivity contribution in [3.63, 3.8) is 0 Å². The van der Waals surface area contributed by atoms with Gasteiger partial charge in [0.2, 0.25) is 0 Å². The van der Waals surface area contributed by atoms with Crippen LogP contribution in [0.15, 0.2) is 29.2 Å². The summed E-state index contributed by atoms with van der Waals surface area (Å²) >= 11 is 0. The fraction of sp³-hybridized carbons (Fsp3) is 0.286. The molecule has 1 aromatic carbocycles. The Morgan fingerprint density at radius 2 is 1.96 bits per heavy atom. The van der Waals surface area contributed by atoms with Gasteiger partial charge in [-0.2, -0.15) is 5.10 Å². The molecule has 0 atom stereocenters. The van der Waals surface area contributed by atoms with Crippen molar-refractivity contribution in [3.05, 3.63) is 45.6 Å². The molecule has 0 aliphatic rings. The largest absolute Gasteiger partial charge is 0.462 e. The first-order valence-electron chi connectivity index (χ1n) is 7.15. The van der Waals surface area contributed by atoms with E-state index in [9.17, 15) is 23.3 Å². The van der Waals surface area contributed by atoms with Gasteiger partial charge >= 0.3 is 5.97 Å². The summed E-state index contributed by atoms with van der Waals surface area (Å²) in [5, 5.41) is 14.7. The Kier molecular flexibility index (Phi) is 5.07. The van der Waals surface area contributed by atoms with E-state index in [4.69, 9.17) is 4.74 Å². The number of nitro benzene ring substituents is 1. The molecule has 25 heavy (non-hydrogen) atoms. The molecule has 0 bridgehead atoms. The Morgan fingerprint density at radius 3 is 2.48 bits per heavy atom. The highest BCUT2D eigenvalue weighted by molar-refractivity contribution is 7.92. The van der Waals surface area contributed by atoms with E-state index in [2.05, 4.69) is 9.82 Å². The van der Waals surface area contributed by atoms with Crippen LogP contribution in [0.4, 0.5) is 11.5 Å². The number of ether oxygens (including phenoxy) is 1. The van der Waals surface area contributed by atoms with Gasteiger partial charge in [-0.1, -0.05) is 0 Å². The zero-order valence-electron chi connectivity index (χ0n) is 13.7. The molecule has 1 aromatic heterocycles. The summed E-state index contributed by atoms with van der Waals surface area (Å²) in [4.78, 5) is 21.9. The number of anilines is 1. The number of aromatic nitrogens is 2. The maximum Gasteiger partial charge on any atom is 0.343 e. The average molecular weight is 368 g/mol. The number of hydrogen-bond donors (Lipinski definition) is 1. The zero-order valence-corrected chi connectivity index (χ0v) is 14.5. The van der Waals surface area contributed by atoms with Gasteiger partial charge in [0.15, 0.2) is 5.82 Å². The van der Waals surface area contributed by atoms with E-state index in [1.807, 2.05) is 0 Å². The smallest absolute Gasteiger partial charge is 0.343 e. The molecular formula is C14H16N4O6S. The van der Waals surface area contributed by atoms with Gasteiger partial charge < -0.3 is 4.74 Å². The van der Waals surface area contributed by atoms with Gasteiger partial charge in [0, 0.05) is 19.2 Å².